The molecule has 0 aliphatic carbocycles. The first-order chi connectivity index (χ1) is 12.1. The smallest absolute Gasteiger partial charge is 0.243 e. The number of ether oxygens (including phenoxy) is 2. The number of halogens is 1. The molecule has 2 aromatic rings. The summed E-state index contributed by atoms with van der Waals surface area (Å²) >= 11 is 5.90. The Morgan fingerprint density at radius 3 is 2.56 bits per heavy atom. The number of anilines is 1. The van der Waals surface area contributed by atoms with Crippen molar-refractivity contribution in [3.8, 4) is 11.5 Å². The molecule has 0 unspecified atom stereocenters. The first-order valence-electron chi connectivity index (χ1n) is 7.66. The summed E-state index contributed by atoms with van der Waals surface area (Å²) in [4.78, 5) is 23.7. The average molecular weight is 363 g/mol. The minimum atomic E-state index is -0.377. The maximum absolute atomic E-state index is 11.9. The second-order valence-electron chi connectivity index (χ2n) is 5.08. The molecule has 0 aromatic heterocycles. The molecule has 0 saturated carbocycles. The van der Waals surface area contributed by atoms with E-state index in [0.29, 0.717) is 22.2 Å². The highest BCUT2D eigenvalue weighted by Gasteiger charge is 2.10. The van der Waals surface area contributed by atoms with E-state index in [-0.39, 0.29) is 31.4 Å². The van der Waals surface area contributed by atoms with Gasteiger partial charge in [0.1, 0.15) is 11.5 Å². The fourth-order valence-electron chi connectivity index (χ4n) is 2.02. The van der Waals surface area contributed by atoms with E-state index in [2.05, 4.69) is 10.6 Å². The fraction of sp³-hybridized carbons (Fsp3) is 0.222. The van der Waals surface area contributed by atoms with Crippen LogP contribution in [0.4, 0.5) is 5.69 Å². The minimum absolute atomic E-state index is 0.153. The zero-order valence-electron chi connectivity index (χ0n) is 13.8. The van der Waals surface area contributed by atoms with Gasteiger partial charge in [0, 0.05) is 5.02 Å². The number of amides is 2. The first-order valence-corrected chi connectivity index (χ1v) is 8.04. The number of hydrogen-bond acceptors (Lipinski definition) is 4. The van der Waals surface area contributed by atoms with Gasteiger partial charge in [0.2, 0.25) is 11.8 Å². The predicted molar refractivity (Wildman–Crippen MR) is 96.2 cm³/mol. The van der Waals surface area contributed by atoms with Crippen molar-refractivity contribution in [1.29, 1.82) is 0 Å². The molecule has 2 N–H and O–H groups in total. The third-order valence-electron chi connectivity index (χ3n) is 3.22. The summed E-state index contributed by atoms with van der Waals surface area (Å²) in [5.41, 5.74) is 0.446. The van der Waals surface area contributed by atoms with Gasteiger partial charge in [-0.1, -0.05) is 29.8 Å². The lowest BCUT2D eigenvalue weighted by atomic mass is 10.3. The molecule has 0 saturated heterocycles. The molecule has 2 amide bonds. The van der Waals surface area contributed by atoms with Gasteiger partial charge >= 0.3 is 0 Å². The average Bonchev–Trinajstić information content (AvgIpc) is 2.61. The van der Waals surface area contributed by atoms with Crippen LogP contribution >= 0.6 is 11.6 Å². The monoisotopic (exact) mass is 362 g/mol. The van der Waals surface area contributed by atoms with Crippen LogP contribution in [0.2, 0.25) is 5.02 Å². The van der Waals surface area contributed by atoms with Crippen LogP contribution < -0.4 is 20.1 Å². The summed E-state index contributed by atoms with van der Waals surface area (Å²) in [6.07, 6.45) is 0.155. The lowest BCUT2D eigenvalue weighted by Gasteiger charge is -2.11. The molecule has 7 heteroatoms. The Bertz CT molecular complexity index is 722. The van der Waals surface area contributed by atoms with E-state index in [1.807, 2.05) is 30.3 Å². The summed E-state index contributed by atoms with van der Waals surface area (Å²) in [5.74, 6) is 0.531. The van der Waals surface area contributed by atoms with Gasteiger partial charge in [-0.25, -0.2) is 0 Å². The highest BCUT2D eigenvalue weighted by molar-refractivity contribution is 6.31. The second-order valence-corrected chi connectivity index (χ2v) is 5.52. The van der Waals surface area contributed by atoms with Crippen LogP contribution in [-0.2, 0) is 9.59 Å². The van der Waals surface area contributed by atoms with Crippen molar-refractivity contribution in [2.75, 3.05) is 25.6 Å². The highest BCUT2D eigenvalue weighted by Crippen LogP contribution is 2.27. The molecule has 2 rings (SSSR count). The van der Waals surface area contributed by atoms with Crippen LogP contribution in [0, 0.1) is 0 Å². The number of hydrogen-bond donors (Lipinski definition) is 2. The molecule has 0 spiro atoms. The number of carbonyl (C=O) groups excluding carboxylic acids is 2. The van der Waals surface area contributed by atoms with Crippen LogP contribution in [0.5, 0.6) is 11.5 Å². The van der Waals surface area contributed by atoms with Crippen molar-refractivity contribution in [2.24, 2.45) is 0 Å². The molecule has 6 nitrogen and oxygen atoms in total. The van der Waals surface area contributed by atoms with Gasteiger partial charge in [0.15, 0.2) is 0 Å². The second kappa shape index (κ2) is 9.54. The zero-order valence-corrected chi connectivity index (χ0v) is 14.5. The number of benzene rings is 2. The van der Waals surface area contributed by atoms with Gasteiger partial charge in [-0.2, -0.15) is 0 Å². The minimum Gasteiger partial charge on any atom is -0.495 e. The van der Waals surface area contributed by atoms with Crippen molar-refractivity contribution in [2.45, 2.75) is 6.42 Å². The predicted octanol–water partition coefficient (Wildman–Crippen LogP) is 2.87. The number of carbonyl (C=O) groups is 2. The summed E-state index contributed by atoms with van der Waals surface area (Å²) < 4.78 is 10.6. The lowest BCUT2D eigenvalue weighted by molar-refractivity contribution is -0.124. The number of rotatable bonds is 8. The Morgan fingerprint density at radius 1 is 1.08 bits per heavy atom. The number of nitrogens with one attached hydrogen (secondary N) is 2. The third kappa shape index (κ3) is 6.35. The zero-order chi connectivity index (χ0) is 18.1. The van der Waals surface area contributed by atoms with Crippen molar-refractivity contribution < 1.29 is 19.1 Å². The van der Waals surface area contributed by atoms with Gasteiger partial charge in [-0.3, -0.25) is 9.59 Å². The molecule has 0 radical (unpaired) electrons. The highest BCUT2D eigenvalue weighted by atomic mass is 35.5. The normalized spacial score (nSPS) is 10.0. The quantitative estimate of drug-likeness (QED) is 0.757. The standard InChI is InChI=1S/C18H19ClN2O4/c1-24-16-8-7-13(19)11-15(16)21-18(23)12-20-17(22)9-10-25-14-5-3-2-4-6-14/h2-8,11H,9-10,12H2,1H3,(H,20,22)(H,21,23). The van der Waals surface area contributed by atoms with E-state index >= 15 is 0 Å². The van der Waals surface area contributed by atoms with Crippen molar-refractivity contribution in [3.63, 3.8) is 0 Å². The van der Waals surface area contributed by atoms with E-state index < -0.39 is 0 Å². The molecule has 0 aliphatic rings. The van der Waals surface area contributed by atoms with E-state index in [1.54, 1.807) is 18.2 Å². The molecule has 132 valence electrons. The maximum atomic E-state index is 11.9. The van der Waals surface area contributed by atoms with Crippen LogP contribution in [0.1, 0.15) is 6.42 Å². The Balaban J connectivity index is 1.72. The van der Waals surface area contributed by atoms with E-state index in [1.165, 1.54) is 7.11 Å². The van der Waals surface area contributed by atoms with Gasteiger partial charge in [-0.05, 0) is 30.3 Å². The van der Waals surface area contributed by atoms with E-state index in [9.17, 15) is 9.59 Å². The summed E-state index contributed by atoms with van der Waals surface area (Å²) in [7, 11) is 1.49. The van der Waals surface area contributed by atoms with E-state index in [0.717, 1.165) is 0 Å². The number of para-hydroxylation sites is 1. The SMILES string of the molecule is COc1ccc(Cl)cc1NC(=O)CNC(=O)CCOc1ccccc1. The van der Waals surface area contributed by atoms with Crippen LogP contribution in [0.15, 0.2) is 48.5 Å². The molecular weight excluding hydrogens is 344 g/mol. The van der Waals surface area contributed by atoms with Gasteiger partial charge < -0.3 is 20.1 Å². The van der Waals surface area contributed by atoms with Crippen molar-refractivity contribution >= 4 is 29.1 Å². The fourth-order valence-corrected chi connectivity index (χ4v) is 2.19. The number of methoxy groups -OCH3 is 1. The van der Waals surface area contributed by atoms with Crippen LogP contribution in [-0.4, -0.2) is 32.1 Å². The Kier molecular flexibility index (Phi) is 7.10. The molecular formula is C18H19ClN2O4. The molecule has 0 aliphatic heterocycles. The van der Waals surface area contributed by atoms with Crippen molar-refractivity contribution in [3.05, 3.63) is 53.6 Å². The molecule has 2 aromatic carbocycles. The Hall–Kier alpha value is -2.73. The molecule has 0 fully saturated rings. The van der Waals surface area contributed by atoms with Crippen LogP contribution in [0.3, 0.4) is 0 Å². The summed E-state index contributed by atoms with van der Waals surface area (Å²) in [6.45, 7) is 0.0828. The maximum Gasteiger partial charge on any atom is 0.243 e. The van der Waals surface area contributed by atoms with Crippen LogP contribution in [0.25, 0.3) is 0 Å². The first kappa shape index (κ1) is 18.6. The van der Waals surface area contributed by atoms with Gasteiger partial charge in [0.05, 0.1) is 32.4 Å². The molecule has 0 atom stereocenters. The van der Waals surface area contributed by atoms with Crippen molar-refractivity contribution in [1.82, 2.24) is 5.32 Å². The third-order valence-corrected chi connectivity index (χ3v) is 3.46. The van der Waals surface area contributed by atoms with Gasteiger partial charge in [-0.15, -0.1) is 0 Å². The Labute approximate surface area is 151 Å². The van der Waals surface area contributed by atoms with Gasteiger partial charge in [0.25, 0.3) is 0 Å². The van der Waals surface area contributed by atoms with E-state index in [4.69, 9.17) is 21.1 Å². The summed E-state index contributed by atoms with van der Waals surface area (Å²) in [5, 5.41) is 5.65. The largest absolute Gasteiger partial charge is 0.495 e. The molecule has 0 heterocycles. The lowest BCUT2D eigenvalue weighted by Crippen LogP contribution is -2.33. The molecule has 25 heavy (non-hydrogen) atoms. The summed E-state index contributed by atoms with van der Waals surface area (Å²) in [6, 6.07) is 14.1. The Morgan fingerprint density at radius 2 is 1.84 bits per heavy atom. The molecule has 0 bridgehead atoms. The topological polar surface area (TPSA) is 76.7 Å².